The van der Waals surface area contributed by atoms with E-state index in [1.807, 2.05) is 18.2 Å². The van der Waals surface area contributed by atoms with E-state index >= 15 is 0 Å². The second-order valence-electron chi connectivity index (χ2n) is 13.2. The fourth-order valence-electron chi connectivity index (χ4n) is 5.70. The van der Waals surface area contributed by atoms with Gasteiger partial charge >= 0.3 is 6.09 Å². The number of aromatic nitrogens is 2. The molecule has 0 spiro atoms. The Morgan fingerprint density at radius 1 is 1.06 bits per heavy atom. The zero-order chi connectivity index (χ0) is 34.5. The number of alkyl carbamates (subject to hydrolysis) is 1. The van der Waals surface area contributed by atoms with Crippen LogP contribution in [0.25, 0.3) is 10.4 Å². The summed E-state index contributed by atoms with van der Waals surface area (Å²) in [6.45, 7) is 3.56. The normalized spacial score (nSPS) is 17.6. The van der Waals surface area contributed by atoms with Crippen LogP contribution in [0, 0.1) is 5.92 Å². The lowest BCUT2D eigenvalue weighted by Crippen LogP contribution is -2.62. The minimum absolute atomic E-state index is 0.0166. The number of amides is 3. The van der Waals surface area contributed by atoms with Gasteiger partial charge in [0.1, 0.15) is 29.4 Å². The Hall–Kier alpha value is -4.17. The number of benzene rings is 1. The number of carbonyl (C=O) groups excluding carboxylic acids is 3. The zero-order valence-corrected chi connectivity index (χ0v) is 27.3. The number of hydrogen-bond acceptors (Lipinski definition) is 9. The summed E-state index contributed by atoms with van der Waals surface area (Å²) in [6.07, 6.45) is 5.57. The molecule has 0 bridgehead atoms. The van der Waals surface area contributed by atoms with Crippen LogP contribution >= 0.6 is 0 Å². The highest BCUT2D eigenvalue weighted by molar-refractivity contribution is 5.91. The van der Waals surface area contributed by atoms with Crippen molar-refractivity contribution in [2.75, 3.05) is 13.2 Å². The lowest BCUT2D eigenvalue weighted by atomic mass is 9.80. The van der Waals surface area contributed by atoms with Crippen molar-refractivity contribution in [3.05, 3.63) is 64.6 Å². The Kier molecular flexibility index (Phi) is 14.0. The van der Waals surface area contributed by atoms with Crippen LogP contribution < -0.4 is 16.0 Å². The number of ether oxygens (including phenoxy) is 1. The number of H-pyrrole nitrogens is 1. The number of aliphatic hydroxyl groups is 3. The van der Waals surface area contributed by atoms with E-state index in [2.05, 4.69) is 35.9 Å². The summed E-state index contributed by atoms with van der Waals surface area (Å²) >= 11 is 0. The average Bonchev–Trinajstić information content (AvgIpc) is 3.55. The molecule has 1 aliphatic rings. The van der Waals surface area contributed by atoms with Crippen LogP contribution in [0.1, 0.15) is 70.6 Å². The molecule has 258 valence electrons. The molecule has 7 N–H and O–H groups in total. The number of aliphatic hydroxyl groups excluding tert-OH is 2. The van der Waals surface area contributed by atoms with E-state index in [-0.39, 0.29) is 25.2 Å². The molecular weight excluding hydrogens is 608 g/mol. The third kappa shape index (κ3) is 12.2. The minimum atomic E-state index is -2.22. The topological polar surface area (TPSA) is 235 Å². The van der Waals surface area contributed by atoms with Crippen molar-refractivity contribution in [2.24, 2.45) is 11.0 Å². The first-order valence-electron chi connectivity index (χ1n) is 16.0. The zero-order valence-electron chi connectivity index (χ0n) is 27.3. The molecule has 1 unspecified atom stereocenters. The van der Waals surface area contributed by atoms with Gasteiger partial charge < -0.3 is 41.0 Å². The fraction of sp³-hybridized carbons (Fsp3) is 0.625. The average molecular weight is 657 g/mol. The largest absolute Gasteiger partial charge is 0.444 e. The summed E-state index contributed by atoms with van der Waals surface area (Å²) in [5.74, 6) is -1.20. The van der Waals surface area contributed by atoms with Crippen molar-refractivity contribution >= 4 is 17.9 Å². The quantitative estimate of drug-likeness (QED) is 0.0803. The van der Waals surface area contributed by atoms with Gasteiger partial charge in [-0.15, -0.1) is 0 Å². The standard InChI is InChI=1S/C32H48N8O7/c1-31(2,3)47-30(45)39-25(15-22-12-8-5-9-13-22)28(43)38-26(16-23-17-34-20-35-23)29(44)37-24(14-21-10-6-4-7-11-21)27(42)32(46,19-41)18-36-40-33/h5,8-9,12-13,17,20-21,24-27,41-42,46H,4,6-7,10-11,14-16,18-19H2,1-3H3,(H,34,35)(H,37,44)(H,38,43)(H,39,45)/t24-,25+,26+,27+,32?/m1/s1. The summed E-state index contributed by atoms with van der Waals surface area (Å²) in [4.78, 5) is 50.1. The molecule has 15 heteroatoms. The summed E-state index contributed by atoms with van der Waals surface area (Å²) in [5, 5.41) is 43.9. The molecular formula is C32H48N8O7. The Morgan fingerprint density at radius 2 is 1.72 bits per heavy atom. The van der Waals surface area contributed by atoms with Crippen LogP contribution in [0.5, 0.6) is 0 Å². The van der Waals surface area contributed by atoms with E-state index in [4.69, 9.17) is 10.3 Å². The lowest BCUT2D eigenvalue weighted by Gasteiger charge is -2.38. The Morgan fingerprint density at radius 3 is 2.32 bits per heavy atom. The van der Waals surface area contributed by atoms with Crippen LogP contribution in [0.15, 0.2) is 48.0 Å². The molecule has 1 saturated carbocycles. The highest BCUT2D eigenvalue weighted by Crippen LogP contribution is 2.30. The van der Waals surface area contributed by atoms with Crippen LogP contribution in [-0.4, -0.2) is 91.8 Å². The van der Waals surface area contributed by atoms with Crippen LogP contribution in [-0.2, 0) is 27.2 Å². The molecule has 5 atom stereocenters. The number of aromatic amines is 1. The van der Waals surface area contributed by atoms with Crippen LogP contribution in [0.3, 0.4) is 0 Å². The number of nitrogens with zero attached hydrogens (tertiary/aromatic N) is 4. The predicted octanol–water partition coefficient (Wildman–Crippen LogP) is 2.42. The Bertz CT molecular complexity index is 1320. The van der Waals surface area contributed by atoms with Gasteiger partial charge in [0, 0.05) is 29.6 Å². The first-order valence-corrected chi connectivity index (χ1v) is 16.0. The van der Waals surface area contributed by atoms with Crippen molar-refractivity contribution in [3.8, 4) is 0 Å². The molecule has 47 heavy (non-hydrogen) atoms. The predicted molar refractivity (Wildman–Crippen MR) is 173 cm³/mol. The molecule has 3 amide bonds. The van der Waals surface area contributed by atoms with Gasteiger partial charge in [0.05, 0.1) is 25.5 Å². The second kappa shape index (κ2) is 17.7. The molecule has 1 aromatic heterocycles. The van der Waals surface area contributed by atoms with Gasteiger partial charge in [-0.25, -0.2) is 9.78 Å². The van der Waals surface area contributed by atoms with E-state index in [0.717, 1.165) is 37.7 Å². The van der Waals surface area contributed by atoms with Crippen molar-refractivity contribution in [2.45, 2.75) is 108 Å². The van der Waals surface area contributed by atoms with Crippen molar-refractivity contribution < 1.29 is 34.4 Å². The number of carbonyl (C=O) groups is 3. The van der Waals surface area contributed by atoms with Crippen molar-refractivity contribution in [3.63, 3.8) is 0 Å². The molecule has 15 nitrogen and oxygen atoms in total. The molecule has 3 rings (SSSR count). The number of nitrogens with one attached hydrogen (secondary N) is 4. The first-order chi connectivity index (χ1) is 22.3. The van der Waals surface area contributed by atoms with Crippen molar-refractivity contribution in [1.29, 1.82) is 0 Å². The van der Waals surface area contributed by atoms with Gasteiger partial charge in [0.25, 0.3) is 0 Å². The van der Waals surface area contributed by atoms with Gasteiger partial charge in [0.2, 0.25) is 11.8 Å². The highest BCUT2D eigenvalue weighted by Gasteiger charge is 2.42. The maximum absolute atomic E-state index is 14.0. The Labute approximate surface area is 274 Å². The van der Waals surface area contributed by atoms with Crippen molar-refractivity contribution in [1.82, 2.24) is 25.9 Å². The third-order valence-corrected chi connectivity index (χ3v) is 8.15. The summed E-state index contributed by atoms with van der Waals surface area (Å²) in [7, 11) is 0. The van der Waals surface area contributed by atoms with E-state index in [0.29, 0.717) is 5.69 Å². The fourth-order valence-corrected chi connectivity index (χ4v) is 5.70. The summed E-state index contributed by atoms with van der Waals surface area (Å²) in [5.41, 5.74) is 7.07. The monoisotopic (exact) mass is 656 g/mol. The molecule has 1 heterocycles. The number of hydrogen-bond donors (Lipinski definition) is 7. The third-order valence-electron chi connectivity index (χ3n) is 8.15. The summed E-state index contributed by atoms with van der Waals surface area (Å²) < 4.78 is 5.39. The molecule has 1 aromatic carbocycles. The summed E-state index contributed by atoms with van der Waals surface area (Å²) in [6, 6.07) is 5.67. The maximum Gasteiger partial charge on any atom is 0.408 e. The van der Waals surface area contributed by atoms with Crippen LogP contribution in [0.4, 0.5) is 4.79 Å². The van der Waals surface area contributed by atoms with E-state index in [9.17, 15) is 29.7 Å². The number of rotatable bonds is 16. The van der Waals surface area contributed by atoms with Gasteiger partial charge in [-0.2, -0.15) is 0 Å². The number of imidazole rings is 1. The SMILES string of the molecule is CC(C)(C)OC(=O)N[C@@H](Cc1ccccc1)C(=O)N[C@@H](Cc1cnc[nH]1)C(=O)N[C@H](CC1CCCCC1)[C@H](O)C(O)(CO)CN=[N+]=[N-]. The smallest absolute Gasteiger partial charge is 0.408 e. The van der Waals surface area contributed by atoms with Gasteiger partial charge in [0.15, 0.2) is 0 Å². The van der Waals surface area contributed by atoms with Gasteiger partial charge in [-0.1, -0.05) is 67.6 Å². The molecule has 2 aromatic rings. The molecule has 0 radical (unpaired) electrons. The van der Waals surface area contributed by atoms with Gasteiger partial charge in [-0.3, -0.25) is 9.59 Å². The first kappa shape index (κ1) is 37.3. The van der Waals surface area contributed by atoms with E-state index < -0.39 is 66.5 Å². The van der Waals surface area contributed by atoms with E-state index in [1.54, 1.807) is 32.9 Å². The molecule has 0 aliphatic heterocycles. The molecule has 1 aliphatic carbocycles. The lowest BCUT2D eigenvalue weighted by molar-refractivity contribution is -0.135. The second-order valence-corrected chi connectivity index (χ2v) is 13.2. The van der Waals surface area contributed by atoms with E-state index in [1.165, 1.54) is 12.5 Å². The molecule has 1 fully saturated rings. The van der Waals surface area contributed by atoms with Crippen LogP contribution in [0.2, 0.25) is 0 Å². The van der Waals surface area contributed by atoms with Gasteiger partial charge in [-0.05, 0) is 44.2 Å². The number of azide groups is 1. The molecule has 0 saturated heterocycles. The Balaban J connectivity index is 1.89. The minimum Gasteiger partial charge on any atom is -0.444 e. The highest BCUT2D eigenvalue weighted by atomic mass is 16.6. The maximum atomic E-state index is 14.0.